The molecule has 0 aliphatic carbocycles. The number of pyridine rings is 1. The normalized spacial score (nSPS) is 19.2. The number of aromatic nitrogens is 6. The molecule has 0 unspecified atom stereocenters. The number of halogens is 1. The van der Waals surface area contributed by atoms with E-state index in [1.807, 2.05) is 54.7 Å². The van der Waals surface area contributed by atoms with Gasteiger partial charge < -0.3 is 4.90 Å². The van der Waals surface area contributed by atoms with Gasteiger partial charge in [0.2, 0.25) is 0 Å². The minimum Gasteiger partial charge on any atom is -0.366 e. The van der Waals surface area contributed by atoms with Gasteiger partial charge in [0, 0.05) is 66.0 Å². The Balaban J connectivity index is 1.29. The van der Waals surface area contributed by atoms with E-state index in [-0.39, 0.29) is 5.82 Å². The molecule has 0 spiro atoms. The van der Waals surface area contributed by atoms with Crippen molar-refractivity contribution in [2.75, 3.05) is 25.0 Å². The summed E-state index contributed by atoms with van der Waals surface area (Å²) in [5.41, 5.74) is 7.14. The van der Waals surface area contributed by atoms with E-state index >= 15 is 4.39 Å². The first-order chi connectivity index (χ1) is 19.7. The van der Waals surface area contributed by atoms with E-state index < -0.39 is 0 Å². The lowest BCUT2D eigenvalue weighted by Gasteiger charge is -2.51. The number of H-pyrrole nitrogens is 1. The van der Waals surface area contributed by atoms with Crippen molar-refractivity contribution in [2.24, 2.45) is 0 Å². The monoisotopic (exact) mass is 530 g/mol. The van der Waals surface area contributed by atoms with E-state index in [1.54, 1.807) is 29.2 Å². The first-order valence-electron chi connectivity index (χ1n) is 13.6. The molecule has 2 atom stereocenters. The highest BCUT2D eigenvalue weighted by Crippen LogP contribution is 2.40. The molecule has 0 radical (unpaired) electrons. The standard InChI is InChI=1S/C31H27FN8/c1-38-17-22-6-5-21(38)18-39(22)20-7-8-24(26(32)15-20)28-11-14-34-31-29(23-3-2-4-27-25(23)16-35-36-27)30(37-40(28)31)19-9-12-33-13-10-19/h2-4,7-16,21-22H,5-6,17-18H2,1H3,(H,35,36)/t21-,22+/m1/s1. The maximum Gasteiger partial charge on any atom is 0.164 e. The summed E-state index contributed by atoms with van der Waals surface area (Å²) in [6.45, 7) is 1.97. The molecule has 3 aliphatic heterocycles. The van der Waals surface area contributed by atoms with Crippen LogP contribution in [0, 0.1) is 5.82 Å². The largest absolute Gasteiger partial charge is 0.366 e. The number of piperidine rings is 2. The van der Waals surface area contributed by atoms with E-state index in [2.05, 4.69) is 32.0 Å². The van der Waals surface area contributed by atoms with Crippen LogP contribution in [-0.4, -0.2) is 66.9 Å². The number of piperazine rings is 1. The highest BCUT2D eigenvalue weighted by atomic mass is 19.1. The third-order valence-electron chi connectivity index (χ3n) is 8.59. The Hall–Kier alpha value is -4.63. The molecule has 40 heavy (non-hydrogen) atoms. The Morgan fingerprint density at radius 3 is 2.60 bits per heavy atom. The van der Waals surface area contributed by atoms with Gasteiger partial charge in [0.1, 0.15) is 11.5 Å². The first kappa shape index (κ1) is 23.3. The van der Waals surface area contributed by atoms with Crippen LogP contribution in [0.25, 0.3) is 50.2 Å². The summed E-state index contributed by atoms with van der Waals surface area (Å²) in [4.78, 5) is 13.8. The van der Waals surface area contributed by atoms with Crippen LogP contribution in [0.3, 0.4) is 0 Å². The number of hydrogen-bond acceptors (Lipinski definition) is 6. The molecular weight excluding hydrogens is 503 g/mol. The average Bonchev–Trinajstić information content (AvgIpc) is 3.63. The van der Waals surface area contributed by atoms with Gasteiger partial charge in [-0.05, 0) is 67.9 Å². The van der Waals surface area contributed by atoms with Crippen molar-refractivity contribution < 1.29 is 4.39 Å². The summed E-state index contributed by atoms with van der Waals surface area (Å²) in [5, 5.41) is 13.3. The Morgan fingerprint density at radius 2 is 1.80 bits per heavy atom. The fourth-order valence-electron chi connectivity index (χ4n) is 6.54. The summed E-state index contributed by atoms with van der Waals surface area (Å²) in [5.74, 6) is -0.265. The Labute approximate surface area is 230 Å². The molecule has 198 valence electrons. The van der Waals surface area contributed by atoms with E-state index in [0.29, 0.717) is 29.0 Å². The number of nitrogens with zero attached hydrogens (tertiary/aromatic N) is 7. The fourth-order valence-corrected chi connectivity index (χ4v) is 6.54. The smallest absolute Gasteiger partial charge is 0.164 e. The van der Waals surface area contributed by atoms with Crippen LogP contribution in [0.2, 0.25) is 0 Å². The van der Waals surface area contributed by atoms with Crippen LogP contribution in [0.15, 0.2) is 79.4 Å². The number of hydrogen-bond donors (Lipinski definition) is 1. The zero-order valence-corrected chi connectivity index (χ0v) is 22.0. The molecule has 1 N–H and O–H groups in total. The molecule has 2 bridgehead atoms. The van der Waals surface area contributed by atoms with Crippen molar-refractivity contribution in [3.05, 3.63) is 85.2 Å². The summed E-state index contributed by atoms with van der Waals surface area (Å²) < 4.78 is 17.7. The molecule has 3 saturated heterocycles. The third-order valence-corrected chi connectivity index (χ3v) is 8.59. The molecular formula is C31H27FN8. The SMILES string of the molecule is CN1C[C@@H]2CC[C@@H]1CN2c1ccc(-c2ccnc3c(-c4cccc5[nH]ncc45)c(-c4ccncc4)nn23)c(F)c1. The quantitative estimate of drug-likeness (QED) is 0.328. The number of aromatic amines is 1. The Bertz CT molecular complexity index is 1880. The fraction of sp³-hybridized carbons (Fsp3) is 0.226. The highest BCUT2D eigenvalue weighted by Gasteiger charge is 2.37. The zero-order chi connectivity index (χ0) is 26.8. The van der Waals surface area contributed by atoms with Crippen LogP contribution in [-0.2, 0) is 0 Å². The predicted molar refractivity (Wildman–Crippen MR) is 153 cm³/mol. The summed E-state index contributed by atoms with van der Waals surface area (Å²) >= 11 is 0. The van der Waals surface area contributed by atoms with Gasteiger partial charge in [0.25, 0.3) is 0 Å². The molecule has 2 aromatic carbocycles. The number of anilines is 1. The van der Waals surface area contributed by atoms with Gasteiger partial charge in [0.15, 0.2) is 5.65 Å². The van der Waals surface area contributed by atoms with Crippen LogP contribution in [0.1, 0.15) is 12.8 Å². The van der Waals surface area contributed by atoms with Crippen molar-refractivity contribution in [2.45, 2.75) is 24.9 Å². The molecule has 0 amide bonds. The Morgan fingerprint density at radius 1 is 0.925 bits per heavy atom. The summed E-state index contributed by atoms with van der Waals surface area (Å²) in [6.07, 6.45) is 9.41. The first-order valence-corrected chi connectivity index (χ1v) is 13.6. The number of fused-ring (bicyclic) bond motifs is 5. The second-order valence-corrected chi connectivity index (χ2v) is 10.8. The summed E-state index contributed by atoms with van der Waals surface area (Å²) in [7, 11) is 2.19. The predicted octanol–water partition coefficient (Wildman–Crippen LogP) is 5.42. The van der Waals surface area contributed by atoms with Crippen LogP contribution >= 0.6 is 0 Å². The van der Waals surface area contributed by atoms with E-state index in [0.717, 1.165) is 58.5 Å². The molecule has 3 fully saturated rings. The van der Waals surface area contributed by atoms with Gasteiger partial charge in [-0.2, -0.15) is 10.2 Å². The second-order valence-electron chi connectivity index (χ2n) is 10.8. The number of nitrogens with one attached hydrogen (secondary N) is 1. The molecule has 9 heteroatoms. The highest BCUT2D eigenvalue weighted by molar-refractivity contribution is 6.02. The molecule has 7 heterocycles. The van der Waals surface area contributed by atoms with Crippen molar-refractivity contribution in [3.8, 4) is 33.6 Å². The van der Waals surface area contributed by atoms with Gasteiger partial charge in [0.05, 0.1) is 23.0 Å². The van der Waals surface area contributed by atoms with Gasteiger partial charge in [-0.15, -0.1) is 0 Å². The van der Waals surface area contributed by atoms with E-state index in [9.17, 15) is 0 Å². The number of rotatable bonds is 4. The maximum atomic E-state index is 15.9. The zero-order valence-electron chi connectivity index (χ0n) is 22.0. The molecule has 3 aliphatic rings. The van der Waals surface area contributed by atoms with E-state index in [4.69, 9.17) is 10.1 Å². The third kappa shape index (κ3) is 3.54. The lowest BCUT2D eigenvalue weighted by molar-refractivity contribution is 0.125. The average molecular weight is 531 g/mol. The van der Waals surface area contributed by atoms with Crippen LogP contribution in [0.4, 0.5) is 10.1 Å². The summed E-state index contributed by atoms with van der Waals surface area (Å²) in [6, 6.07) is 18.3. The second kappa shape index (κ2) is 8.96. The van der Waals surface area contributed by atoms with Crippen molar-refractivity contribution in [3.63, 3.8) is 0 Å². The molecule has 6 aromatic rings. The molecule has 9 rings (SSSR count). The Kier molecular flexibility index (Phi) is 5.21. The van der Waals surface area contributed by atoms with Crippen molar-refractivity contribution in [1.29, 1.82) is 0 Å². The van der Waals surface area contributed by atoms with Gasteiger partial charge in [-0.1, -0.05) is 12.1 Å². The van der Waals surface area contributed by atoms with E-state index in [1.165, 1.54) is 6.42 Å². The van der Waals surface area contributed by atoms with Gasteiger partial charge in [-0.25, -0.2) is 13.9 Å². The molecule has 4 aromatic heterocycles. The van der Waals surface area contributed by atoms with Crippen molar-refractivity contribution >= 4 is 22.2 Å². The van der Waals surface area contributed by atoms with Gasteiger partial charge >= 0.3 is 0 Å². The minimum atomic E-state index is -0.265. The van der Waals surface area contributed by atoms with Gasteiger partial charge in [-0.3, -0.25) is 15.0 Å². The number of likely N-dealkylation sites (N-methyl/N-ethyl adjacent to an activating group) is 1. The number of benzene rings is 2. The lowest BCUT2D eigenvalue weighted by atomic mass is 9.90. The maximum absolute atomic E-state index is 15.9. The van der Waals surface area contributed by atoms with Crippen LogP contribution < -0.4 is 4.90 Å². The van der Waals surface area contributed by atoms with Crippen molar-refractivity contribution in [1.82, 2.24) is 34.7 Å². The van der Waals surface area contributed by atoms with Crippen LogP contribution in [0.5, 0.6) is 0 Å². The molecule has 0 saturated carbocycles. The topological polar surface area (TPSA) is 78.2 Å². The minimum absolute atomic E-state index is 0.265. The molecule has 8 nitrogen and oxygen atoms in total. The lowest BCUT2D eigenvalue weighted by Crippen LogP contribution is -2.61.